The van der Waals surface area contributed by atoms with Crippen molar-refractivity contribution >= 4 is 23.4 Å². The number of nitrogens with zero attached hydrogens (tertiary/aromatic N) is 3. The van der Waals surface area contributed by atoms with E-state index in [1.165, 1.54) is 4.90 Å². The second kappa shape index (κ2) is 6.72. The molecule has 0 aromatic heterocycles. The summed E-state index contributed by atoms with van der Waals surface area (Å²) < 4.78 is 0. The highest BCUT2D eigenvalue weighted by atomic mass is 16.2. The maximum absolute atomic E-state index is 12.4. The fourth-order valence-corrected chi connectivity index (χ4v) is 3.05. The minimum atomic E-state index is -0.707. The van der Waals surface area contributed by atoms with Crippen LogP contribution in [0.25, 0.3) is 0 Å². The van der Waals surface area contributed by atoms with Gasteiger partial charge in [-0.2, -0.15) is 5.43 Å². The van der Waals surface area contributed by atoms with E-state index in [1.807, 2.05) is 49.9 Å². The SMILES string of the molecule is Cc1ccc(N2CCN3C(=O)C(=O)N(CC(=O)NC(C)C)NC32)cc1. The Bertz CT molecular complexity index is 688. The lowest BCUT2D eigenvalue weighted by Crippen LogP contribution is -2.68. The van der Waals surface area contributed by atoms with Gasteiger partial charge in [-0.25, -0.2) is 0 Å². The summed E-state index contributed by atoms with van der Waals surface area (Å²) in [6.45, 7) is 6.57. The average molecular weight is 345 g/mol. The number of benzene rings is 1. The van der Waals surface area contributed by atoms with Crippen LogP contribution in [0.15, 0.2) is 24.3 Å². The molecule has 0 saturated carbocycles. The van der Waals surface area contributed by atoms with E-state index in [2.05, 4.69) is 10.7 Å². The zero-order valence-electron chi connectivity index (χ0n) is 14.7. The van der Waals surface area contributed by atoms with Gasteiger partial charge in [0.15, 0.2) is 6.29 Å². The summed E-state index contributed by atoms with van der Waals surface area (Å²) in [6.07, 6.45) is -0.472. The van der Waals surface area contributed by atoms with Gasteiger partial charge in [-0.05, 0) is 32.9 Å². The third kappa shape index (κ3) is 3.43. The molecule has 1 aromatic carbocycles. The number of aryl methyl sites for hydroxylation is 1. The van der Waals surface area contributed by atoms with Crippen molar-refractivity contribution in [2.45, 2.75) is 33.1 Å². The van der Waals surface area contributed by atoms with Gasteiger partial charge in [0, 0.05) is 24.8 Å². The van der Waals surface area contributed by atoms with E-state index >= 15 is 0 Å². The molecule has 3 rings (SSSR count). The van der Waals surface area contributed by atoms with Crippen molar-refractivity contribution in [1.29, 1.82) is 0 Å². The van der Waals surface area contributed by atoms with Crippen LogP contribution in [0, 0.1) is 6.92 Å². The van der Waals surface area contributed by atoms with Gasteiger partial charge in [0.1, 0.15) is 6.54 Å². The number of amides is 3. The summed E-state index contributed by atoms with van der Waals surface area (Å²) in [5.74, 6) is -1.60. The topological polar surface area (TPSA) is 85.0 Å². The second-order valence-electron chi connectivity index (χ2n) is 6.64. The summed E-state index contributed by atoms with van der Waals surface area (Å²) in [7, 11) is 0. The molecule has 3 amide bonds. The van der Waals surface area contributed by atoms with Crippen LogP contribution in [0.5, 0.6) is 0 Å². The second-order valence-corrected chi connectivity index (χ2v) is 6.64. The first kappa shape index (κ1) is 17.2. The van der Waals surface area contributed by atoms with Gasteiger partial charge in [-0.3, -0.25) is 24.3 Å². The van der Waals surface area contributed by atoms with Crippen LogP contribution in [0.4, 0.5) is 5.69 Å². The highest BCUT2D eigenvalue weighted by Gasteiger charge is 2.45. The Morgan fingerprint density at radius 1 is 1.16 bits per heavy atom. The molecule has 0 radical (unpaired) electrons. The van der Waals surface area contributed by atoms with Crippen LogP contribution in [0.1, 0.15) is 19.4 Å². The number of nitrogens with one attached hydrogen (secondary N) is 2. The standard InChI is InChI=1S/C17H23N5O3/c1-11(2)18-14(23)10-22-16(25)15(24)21-9-8-20(17(21)19-22)13-6-4-12(3)5-7-13/h4-7,11,17,19H,8-10H2,1-3H3,(H,18,23). The van der Waals surface area contributed by atoms with Crippen molar-refractivity contribution in [1.82, 2.24) is 20.7 Å². The Morgan fingerprint density at radius 2 is 1.80 bits per heavy atom. The molecule has 2 aliphatic rings. The zero-order chi connectivity index (χ0) is 18.1. The van der Waals surface area contributed by atoms with E-state index < -0.39 is 18.1 Å². The van der Waals surface area contributed by atoms with Crippen molar-refractivity contribution in [3.63, 3.8) is 0 Å². The van der Waals surface area contributed by atoms with Gasteiger partial charge in [0.25, 0.3) is 0 Å². The van der Waals surface area contributed by atoms with Crippen molar-refractivity contribution in [3.8, 4) is 0 Å². The molecular formula is C17H23N5O3. The Morgan fingerprint density at radius 3 is 2.44 bits per heavy atom. The van der Waals surface area contributed by atoms with Crippen LogP contribution in [-0.2, 0) is 14.4 Å². The zero-order valence-corrected chi connectivity index (χ0v) is 14.7. The lowest BCUT2D eigenvalue weighted by atomic mass is 10.2. The van der Waals surface area contributed by atoms with E-state index in [9.17, 15) is 14.4 Å². The Kier molecular flexibility index (Phi) is 4.63. The lowest BCUT2D eigenvalue weighted by molar-refractivity contribution is -0.163. The fourth-order valence-electron chi connectivity index (χ4n) is 3.05. The molecular weight excluding hydrogens is 322 g/mol. The number of anilines is 1. The van der Waals surface area contributed by atoms with Crippen LogP contribution >= 0.6 is 0 Å². The average Bonchev–Trinajstić information content (AvgIpc) is 2.96. The molecule has 0 aliphatic carbocycles. The third-order valence-corrected chi connectivity index (χ3v) is 4.25. The summed E-state index contributed by atoms with van der Waals surface area (Å²) in [4.78, 5) is 40.1. The van der Waals surface area contributed by atoms with Gasteiger partial charge in [-0.15, -0.1) is 0 Å². The third-order valence-electron chi connectivity index (χ3n) is 4.25. The summed E-state index contributed by atoms with van der Waals surface area (Å²) in [5.41, 5.74) is 5.12. The quantitative estimate of drug-likeness (QED) is 0.738. The number of hydrogen-bond donors (Lipinski definition) is 2. The smallest absolute Gasteiger partial charge is 0.326 e. The molecule has 1 unspecified atom stereocenters. The van der Waals surface area contributed by atoms with E-state index in [1.54, 1.807) is 0 Å². The predicted molar refractivity (Wildman–Crippen MR) is 92.2 cm³/mol. The van der Waals surface area contributed by atoms with Gasteiger partial charge in [-0.1, -0.05) is 17.7 Å². The Balaban J connectivity index is 1.77. The van der Waals surface area contributed by atoms with Crippen LogP contribution in [-0.4, -0.2) is 59.6 Å². The number of hydrazine groups is 1. The minimum Gasteiger partial charge on any atom is -0.352 e. The number of fused-ring (bicyclic) bond motifs is 1. The first-order valence-corrected chi connectivity index (χ1v) is 8.38. The molecule has 2 saturated heterocycles. The number of hydrogen-bond acceptors (Lipinski definition) is 5. The number of rotatable bonds is 4. The predicted octanol–water partition coefficient (Wildman–Crippen LogP) is -0.201. The van der Waals surface area contributed by atoms with Gasteiger partial charge < -0.3 is 10.2 Å². The summed E-state index contributed by atoms with van der Waals surface area (Å²) >= 11 is 0. The largest absolute Gasteiger partial charge is 0.352 e. The Labute approximate surface area is 146 Å². The lowest BCUT2D eigenvalue weighted by Gasteiger charge is -2.40. The number of carbonyl (C=O) groups is 3. The molecule has 2 fully saturated rings. The number of carbonyl (C=O) groups excluding carboxylic acids is 3. The van der Waals surface area contributed by atoms with Crippen LogP contribution < -0.4 is 15.6 Å². The molecule has 2 aliphatic heterocycles. The first-order chi connectivity index (χ1) is 11.9. The fraction of sp³-hybridized carbons (Fsp3) is 0.471. The van der Waals surface area contributed by atoms with Crippen molar-refractivity contribution < 1.29 is 14.4 Å². The molecule has 8 heteroatoms. The molecule has 134 valence electrons. The highest BCUT2D eigenvalue weighted by molar-refractivity contribution is 6.35. The molecule has 2 N–H and O–H groups in total. The van der Waals surface area contributed by atoms with E-state index in [-0.39, 0.29) is 18.5 Å². The normalized spacial score (nSPS) is 20.3. The monoisotopic (exact) mass is 345 g/mol. The van der Waals surface area contributed by atoms with Gasteiger partial charge in [0.2, 0.25) is 5.91 Å². The maximum Gasteiger partial charge on any atom is 0.326 e. The molecule has 0 spiro atoms. The van der Waals surface area contributed by atoms with Gasteiger partial charge >= 0.3 is 11.8 Å². The highest BCUT2D eigenvalue weighted by Crippen LogP contribution is 2.25. The molecule has 8 nitrogen and oxygen atoms in total. The molecule has 2 heterocycles. The van der Waals surface area contributed by atoms with Crippen LogP contribution in [0.3, 0.4) is 0 Å². The van der Waals surface area contributed by atoms with E-state index in [0.29, 0.717) is 13.1 Å². The molecule has 25 heavy (non-hydrogen) atoms. The molecule has 1 aromatic rings. The summed E-state index contributed by atoms with van der Waals surface area (Å²) in [5, 5.41) is 3.83. The van der Waals surface area contributed by atoms with Gasteiger partial charge in [0.05, 0.1) is 0 Å². The molecule has 1 atom stereocenters. The minimum absolute atomic E-state index is 0.0323. The van der Waals surface area contributed by atoms with Crippen LogP contribution in [0.2, 0.25) is 0 Å². The van der Waals surface area contributed by atoms with Crippen molar-refractivity contribution in [2.24, 2.45) is 0 Å². The summed E-state index contributed by atoms with van der Waals surface area (Å²) in [6, 6.07) is 7.94. The van der Waals surface area contributed by atoms with Crippen molar-refractivity contribution in [3.05, 3.63) is 29.8 Å². The van der Waals surface area contributed by atoms with E-state index in [4.69, 9.17) is 0 Å². The van der Waals surface area contributed by atoms with Crippen molar-refractivity contribution in [2.75, 3.05) is 24.5 Å². The van der Waals surface area contributed by atoms with E-state index in [0.717, 1.165) is 16.3 Å². The first-order valence-electron chi connectivity index (χ1n) is 8.38. The Hall–Kier alpha value is -2.61. The maximum atomic E-state index is 12.4. The molecule has 0 bridgehead atoms.